The fraction of sp³-hybridized carbons (Fsp3) is 0.882. The Hall–Kier alpha value is -0.395. The van der Waals surface area contributed by atoms with E-state index in [4.69, 9.17) is 14.0 Å². The lowest BCUT2D eigenvalue weighted by Crippen LogP contribution is -2.44. The van der Waals surface area contributed by atoms with Crippen molar-refractivity contribution in [3.05, 3.63) is 11.5 Å². The second-order valence-corrected chi connectivity index (χ2v) is 8.24. The van der Waals surface area contributed by atoms with Crippen LogP contribution in [0.4, 0.5) is 0 Å². The van der Waals surface area contributed by atoms with Crippen LogP contribution in [0, 0.1) is 0 Å². The van der Waals surface area contributed by atoms with Crippen LogP contribution in [0.3, 0.4) is 0 Å². The van der Waals surface area contributed by atoms with Gasteiger partial charge in [0, 0.05) is 13.1 Å². The lowest BCUT2D eigenvalue weighted by Gasteiger charge is -2.35. The van der Waals surface area contributed by atoms with Gasteiger partial charge in [-0.25, -0.2) is 0 Å². The summed E-state index contributed by atoms with van der Waals surface area (Å²) in [5.74, 6) is 0. The number of aliphatic hydroxyl groups is 1. The Morgan fingerprint density at radius 3 is 2.43 bits per heavy atom. The minimum Gasteiger partial charge on any atom is -0.400 e. The van der Waals surface area contributed by atoms with Gasteiger partial charge in [-0.15, -0.1) is 0 Å². The molecule has 0 aliphatic carbocycles. The summed E-state index contributed by atoms with van der Waals surface area (Å²) in [6, 6.07) is 0. The molecular weight excluding hydrogens is 293 g/mol. The van der Waals surface area contributed by atoms with Crippen molar-refractivity contribution in [2.24, 2.45) is 0 Å². The maximum absolute atomic E-state index is 10.2. The lowest BCUT2D eigenvalue weighted by molar-refractivity contribution is -0.237. The Bertz CT molecular complexity index is 460. The SMILES string of the molecule is CCC1(C)OB(C2=CCN(C(O)OC(C)(C)C)CC2)OC1(C)C. The van der Waals surface area contributed by atoms with Crippen molar-refractivity contribution in [2.75, 3.05) is 13.1 Å². The number of aliphatic hydroxyl groups excluding tert-OH is 1. The van der Waals surface area contributed by atoms with E-state index in [0.717, 1.165) is 24.9 Å². The van der Waals surface area contributed by atoms with Gasteiger partial charge in [0.15, 0.2) is 0 Å². The molecule has 23 heavy (non-hydrogen) atoms. The van der Waals surface area contributed by atoms with Gasteiger partial charge in [0.05, 0.1) is 16.8 Å². The molecule has 6 heteroatoms. The molecule has 1 saturated heterocycles. The third-order valence-electron chi connectivity index (χ3n) is 5.07. The number of ether oxygens (including phenoxy) is 1. The van der Waals surface area contributed by atoms with E-state index >= 15 is 0 Å². The molecular formula is C17H32BNO4. The number of nitrogens with zero attached hydrogens (tertiary/aromatic N) is 1. The van der Waals surface area contributed by atoms with Crippen LogP contribution in [0.5, 0.6) is 0 Å². The van der Waals surface area contributed by atoms with Gasteiger partial charge in [0.1, 0.15) is 0 Å². The fourth-order valence-electron chi connectivity index (χ4n) is 2.96. The molecule has 2 aliphatic rings. The van der Waals surface area contributed by atoms with Crippen molar-refractivity contribution in [3.63, 3.8) is 0 Å². The van der Waals surface area contributed by atoms with Gasteiger partial charge < -0.3 is 19.2 Å². The van der Waals surface area contributed by atoms with Crippen LogP contribution in [-0.2, 0) is 14.0 Å². The van der Waals surface area contributed by atoms with Gasteiger partial charge in [-0.1, -0.05) is 13.0 Å². The molecule has 2 aliphatic heterocycles. The zero-order valence-electron chi connectivity index (χ0n) is 15.7. The molecule has 0 amide bonds. The molecule has 0 aromatic rings. The predicted octanol–water partition coefficient (Wildman–Crippen LogP) is 2.73. The summed E-state index contributed by atoms with van der Waals surface area (Å²) in [6.07, 6.45) is 2.94. The average molecular weight is 325 g/mol. The highest BCUT2D eigenvalue weighted by molar-refractivity contribution is 6.54. The average Bonchev–Trinajstić information content (AvgIpc) is 2.68. The second kappa shape index (κ2) is 6.49. The van der Waals surface area contributed by atoms with Crippen LogP contribution in [0.25, 0.3) is 0 Å². The summed E-state index contributed by atoms with van der Waals surface area (Å²) in [7, 11) is -0.280. The van der Waals surface area contributed by atoms with Crippen molar-refractivity contribution < 1.29 is 19.2 Å². The standard InChI is InChI=1S/C17H32BNO4/c1-8-17(7)16(5,6)22-18(23-17)13-9-11-19(12-10-13)14(20)21-15(2,3)4/h9,14,20H,8,10-12H2,1-7H3. The van der Waals surface area contributed by atoms with E-state index in [0.29, 0.717) is 6.54 Å². The molecule has 5 nitrogen and oxygen atoms in total. The third-order valence-corrected chi connectivity index (χ3v) is 5.07. The van der Waals surface area contributed by atoms with Crippen molar-refractivity contribution in [1.29, 1.82) is 0 Å². The zero-order chi connectivity index (χ0) is 17.5. The number of hydrogen-bond acceptors (Lipinski definition) is 5. The highest BCUT2D eigenvalue weighted by Crippen LogP contribution is 2.41. The van der Waals surface area contributed by atoms with Crippen molar-refractivity contribution >= 4 is 7.12 Å². The van der Waals surface area contributed by atoms with Crippen LogP contribution in [0.1, 0.15) is 61.3 Å². The first kappa shape index (κ1) is 18.9. The van der Waals surface area contributed by atoms with E-state index in [9.17, 15) is 5.11 Å². The topological polar surface area (TPSA) is 51.2 Å². The van der Waals surface area contributed by atoms with Gasteiger partial charge in [0.2, 0.25) is 6.41 Å². The van der Waals surface area contributed by atoms with E-state index in [-0.39, 0.29) is 23.9 Å². The third kappa shape index (κ3) is 4.17. The Labute approximate surface area is 141 Å². The molecule has 2 atom stereocenters. The molecule has 0 aromatic carbocycles. The maximum Gasteiger partial charge on any atom is 0.490 e. The summed E-state index contributed by atoms with van der Waals surface area (Å²) in [5, 5.41) is 10.2. The molecule has 0 saturated carbocycles. The van der Waals surface area contributed by atoms with Crippen LogP contribution in [-0.4, -0.2) is 53.4 Å². The predicted molar refractivity (Wildman–Crippen MR) is 91.8 cm³/mol. The smallest absolute Gasteiger partial charge is 0.400 e. The summed E-state index contributed by atoms with van der Waals surface area (Å²) >= 11 is 0. The first-order chi connectivity index (χ1) is 10.5. The molecule has 2 unspecified atom stereocenters. The van der Waals surface area contributed by atoms with E-state index in [1.807, 2.05) is 25.7 Å². The fourth-order valence-corrected chi connectivity index (χ4v) is 2.96. The minimum absolute atomic E-state index is 0.273. The van der Waals surface area contributed by atoms with Crippen molar-refractivity contribution in [2.45, 2.75) is 84.5 Å². The number of rotatable bonds is 4. The van der Waals surface area contributed by atoms with E-state index < -0.39 is 6.41 Å². The largest absolute Gasteiger partial charge is 0.490 e. The number of hydrogen-bond donors (Lipinski definition) is 1. The minimum atomic E-state index is -0.879. The molecule has 1 N–H and O–H groups in total. The molecule has 2 rings (SSSR count). The van der Waals surface area contributed by atoms with Gasteiger partial charge in [-0.2, -0.15) is 0 Å². The second-order valence-electron chi connectivity index (χ2n) is 8.24. The quantitative estimate of drug-likeness (QED) is 0.636. The first-order valence-corrected chi connectivity index (χ1v) is 8.62. The molecule has 132 valence electrons. The summed E-state index contributed by atoms with van der Waals surface area (Å²) < 4.78 is 18.0. The van der Waals surface area contributed by atoms with Crippen LogP contribution in [0.2, 0.25) is 0 Å². The Morgan fingerprint density at radius 1 is 1.35 bits per heavy atom. The Kier molecular flexibility index (Phi) is 5.34. The summed E-state index contributed by atoms with van der Waals surface area (Å²) in [4.78, 5) is 1.91. The summed E-state index contributed by atoms with van der Waals surface area (Å²) in [5.41, 5.74) is 0.215. The Morgan fingerprint density at radius 2 is 2.00 bits per heavy atom. The van der Waals surface area contributed by atoms with Gasteiger partial charge in [-0.05, 0) is 59.9 Å². The molecule has 0 aromatic heterocycles. The van der Waals surface area contributed by atoms with Crippen LogP contribution >= 0.6 is 0 Å². The van der Waals surface area contributed by atoms with Crippen LogP contribution < -0.4 is 0 Å². The molecule has 0 spiro atoms. The monoisotopic (exact) mass is 325 g/mol. The highest BCUT2D eigenvalue weighted by Gasteiger charge is 2.54. The maximum atomic E-state index is 10.2. The lowest BCUT2D eigenvalue weighted by atomic mass is 9.75. The highest BCUT2D eigenvalue weighted by atomic mass is 16.7. The summed E-state index contributed by atoms with van der Waals surface area (Å²) in [6.45, 7) is 15.6. The van der Waals surface area contributed by atoms with Gasteiger partial charge >= 0.3 is 7.12 Å². The molecule has 0 radical (unpaired) electrons. The van der Waals surface area contributed by atoms with Crippen molar-refractivity contribution in [1.82, 2.24) is 4.90 Å². The van der Waals surface area contributed by atoms with Gasteiger partial charge in [0.25, 0.3) is 0 Å². The van der Waals surface area contributed by atoms with Crippen LogP contribution in [0.15, 0.2) is 11.5 Å². The molecule has 0 bridgehead atoms. The van der Waals surface area contributed by atoms with Crippen molar-refractivity contribution in [3.8, 4) is 0 Å². The van der Waals surface area contributed by atoms with E-state index in [2.05, 4.69) is 33.8 Å². The van der Waals surface area contributed by atoms with E-state index in [1.54, 1.807) is 0 Å². The molecule has 2 heterocycles. The normalized spacial score (nSPS) is 30.4. The molecule has 1 fully saturated rings. The zero-order valence-corrected chi connectivity index (χ0v) is 15.7. The first-order valence-electron chi connectivity index (χ1n) is 8.62. The van der Waals surface area contributed by atoms with E-state index in [1.165, 1.54) is 0 Å². The van der Waals surface area contributed by atoms with Gasteiger partial charge in [-0.3, -0.25) is 4.90 Å². The Balaban J connectivity index is 1.98.